The number of rotatable bonds is 7. The van der Waals surface area contributed by atoms with Gasteiger partial charge < -0.3 is 15.4 Å². The summed E-state index contributed by atoms with van der Waals surface area (Å²) in [4.78, 5) is 36.9. The van der Waals surface area contributed by atoms with Crippen molar-refractivity contribution in [3.8, 4) is 0 Å². The van der Waals surface area contributed by atoms with Gasteiger partial charge >= 0.3 is 5.97 Å². The summed E-state index contributed by atoms with van der Waals surface area (Å²) in [5.74, 6) is -2.98. The number of hydrogen-bond acceptors (Lipinski definition) is 4. The highest BCUT2D eigenvalue weighted by molar-refractivity contribution is 5.98. The molecule has 2 rings (SSSR count). The Balaban J connectivity index is 1.98. The van der Waals surface area contributed by atoms with E-state index in [1.165, 1.54) is 18.2 Å². The van der Waals surface area contributed by atoms with Gasteiger partial charge in [0.15, 0.2) is 6.61 Å². The maximum Gasteiger partial charge on any atom is 0.329 e. The van der Waals surface area contributed by atoms with E-state index in [1.807, 2.05) is 32.0 Å². The quantitative estimate of drug-likeness (QED) is 0.698. The molecule has 0 aliphatic rings. The van der Waals surface area contributed by atoms with Crippen LogP contribution in [0.3, 0.4) is 0 Å². The van der Waals surface area contributed by atoms with Crippen LogP contribution in [0.15, 0.2) is 42.5 Å². The second-order valence-corrected chi connectivity index (χ2v) is 7.10. The lowest BCUT2D eigenvalue weighted by Crippen LogP contribution is -2.46. The molecule has 6 nitrogen and oxygen atoms in total. The number of hydrogen-bond donors (Lipinski definition) is 2. The van der Waals surface area contributed by atoms with Crippen molar-refractivity contribution in [3.05, 3.63) is 65.0 Å². The SMILES string of the molecule is Cc1cccc(C)c1NC(=O)COC(=O)[C@@H](NC(=O)c1ccccc1F)C(C)C. The molecule has 0 spiro atoms. The topological polar surface area (TPSA) is 84.5 Å². The Kier molecular flexibility index (Phi) is 7.47. The van der Waals surface area contributed by atoms with Crippen molar-refractivity contribution in [2.45, 2.75) is 33.7 Å². The van der Waals surface area contributed by atoms with E-state index < -0.39 is 36.2 Å². The second kappa shape index (κ2) is 9.82. The van der Waals surface area contributed by atoms with Crippen LogP contribution in [0.25, 0.3) is 0 Å². The number of amides is 2. The van der Waals surface area contributed by atoms with Crippen LogP contribution in [0.5, 0.6) is 0 Å². The van der Waals surface area contributed by atoms with Crippen molar-refractivity contribution in [3.63, 3.8) is 0 Å². The Hall–Kier alpha value is -3.22. The molecule has 0 aromatic heterocycles. The van der Waals surface area contributed by atoms with E-state index >= 15 is 0 Å². The molecule has 0 bridgehead atoms. The van der Waals surface area contributed by atoms with Crippen LogP contribution in [-0.2, 0) is 14.3 Å². The van der Waals surface area contributed by atoms with Crippen LogP contribution in [0.2, 0.25) is 0 Å². The molecular weight excluding hydrogens is 375 g/mol. The van der Waals surface area contributed by atoms with Crippen LogP contribution in [0.4, 0.5) is 10.1 Å². The predicted molar refractivity (Wildman–Crippen MR) is 108 cm³/mol. The molecule has 2 amide bonds. The van der Waals surface area contributed by atoms with Crippen molar-refractivity contribution >= 4 is 23.5 Å². The van der Waals surface area contributed by atoms with E-state index in [-0.39, 0.29) is 11.5 Å². The molecule has 2 aromatic rings. The minimum absolute atomic E-state index is 0.168. The van der Waals surface area contributed by atoms with E-state index in [0.29, 0.717) is 5.69 Å². The summed E-state index contributed by atoms with van der Waals surface area (Å²) in [5.41, 5.74) is 2.28. The fourth-order valence-corrected chi connectivity index (χ4v) is 2.78. The number of carbonyl (C=O) groups is 3. The van der Waals surface area contributed by atoms with Crippen molar-refractivity contribution in [1.82, 2.24) is 5.32 Å². The molecular formula is C22H25FN2O4. The van der Waals surface area contributed by atoms with Gasteiger partial charge in [-0.15, -0.1) is 0 Å². The normalized spacial score (nSPS) is 11.7. The van der Waals surface area contributed by atoms with E-state index in [2.05, 4.69) is 10.6 Å². The van der Waals surface area contributed by atoms with Gasteiger partial charge in [0.25, 0.3) is 11.8 Å². The molecule has 2 N–H and O–H groups in total. The summed E-state index contributed by atoms with van der Waals surface area (Å²) in [6.45, 7) is 6.66. The molecule has 0 saturated carbocycles. The smallest absolute Gasteiger partial charge is 0.329 e. The lowest BCUT2D eigenvalue weighted by molar-refractivity contribution is -0.150. The number of benzene rings is 2. The predicted octanol–water partition coefficient (Wildman–Crippen LogP) is 3.38. The number of anilines is 1. The standard InChI is InChI=1S/C22H25FN2O4/c1-13(2)19(25-21(27)16-10-5-6-11-17(16)23)22(28)29-12-18(26)24-20-14(3)8-7-9-15(20)4/h5-11,13,19H,12H2,1-4H3,(H,24,26)(H,25,27)/t19-/m0/s1. The van der Waals surface area contributed by atoms with Gasteiger partial charge in [0.1, 0.15) is 11.9 Å². The number of nitrogens with one attached hydrogen (secondary N) is 2. The highest BCUT2D eigenvalue weighted by Gasteiger charge is 2.27. The van der Waals surface area contributed by atoms with Crippen LogP contribution >= 0.6 is 0 Å². The Morgan fingerprint density at radius 1 is 1.00 bits per heavy atom. The number of para-hydroxylation sites is 1. The fraction of sp³-hybridized carbons (Fsp3) is 0.318. The first-order valence-electron chi connectivity index (χ1n) is 9.28. The third kappa shape index (κ3) is 5.88. The number of aryl methyl sites for hydroxylation is 2. The summed E-state index contributed by atoms with van der Waals surface area (Å²) in [6, 6.07) is 10.1. The Labute approximate surface area is 169 Å². The van der Waals surface area contributed by atoms with Crippen molar-refractivity contribution in [2.75, 3.05) is 11.9 Å². The van der Waals surface area contributed by atoms with Gasteiger partial charge in [0, 0.05) is 5.69 Å². The number of esters is 1. The summed E-state index contributed by atoms with van der Waals surface area (Å²) in [6.07, 6.45) is 0. The lowest BCUT2D eigenvalue weighted by Gasteiger charge is -2.21. The molecule has 0 unspecified atom stereocenters. The lowest BCUT2D eigenvalue weighted by atomic mass is 10.0. The molecule has 0 radical (unpaired) electrons. The maximum absolute atomic E-state index is 13.8. The second-order valence-electron chi connectivity index (χ2n) is 7.10. The van der Waals surface area contributed by atoms with Crippen LogP contribution < -0.4 is 10.6 Å². The largest absolute Gasteiger partial charge is 0.454 e. The zero-order valence-corrected chi connectivity index (χ0v) is 16.9. The summed E-state index contributed by atoms with van der Waals surface area (Å²) in [7, 11) is 0. The van der Waals surface area contributed by atoms with Gasteiger partial charge in [0.05, 0.1) is 5.56 Å². The van der Waals surface area contributed by atoms with Crippen molar-refractivity contribution in [2.24, 2.45) is 5.92 Å². The molecule has 2 aromatic carbocycles. The van der Waals surface area contributed by atoms with E-state index in [1.54, 1.807) is 13.8 Å². The third-order valence-corrected chi connectivity index (χ3v) is 4.42. The molecule has 7 heteroatoms. The van der Waals surface area contributed by atoms with E-state index in [4.69, 9.17) is 4.74 Å². The Morgan fingerprint density at radius 2 is 1.62 bits per heavy atom. The summed E-state index contributed by atoms with van der Waals surface area (Å²) in [5, 5.41) is 5.20. The average molecular weight is 400 g/mol. The molecule has 0 fully saturated rings. The minimum Gasteiger partial charge on any atom is -0.454 e. The van der Waals surface area contributed by atoms with E-state index in [9.17, 15) is 18.8 Å². The molecule has 154 valence electrons. The first-order chi connectivity index (χ1) is 13.7. The molecule has 1 atom stereocenters. The maximum atomic E-state index is 13.8. The van der Waals surface area contributed by atoms with Gasteiger partial charge in [-0.25, -0.2) is 9.18 Å². The van der Waals surface area contributed by atoms with Crippen LogP contribution in [0, 0.1) is 25.6 Å². The molecule has 0 heterocycles. The zero-order valence-electron chi connectivity index (χ0n) is 16.9. The number of carbonyl (C=O) groups excluding carboxylic acids is 3. The summed E-state index contributed by atoms with van der Waals surface area (Å²) >= 11 is 0. The number of ether oxygens (including phenoxy) is 1. The van der Waals surface area contributed by atoms with Crippen molar-refractivity contribution in [1.29, 1.82) is 0 Å². The third-order valence-electron chi connectivity index (χ3n) is 4.42. The van der Waals surface area contributed by atoms with Crippen LogP contribution in [0.1, 0.15) is 35.3 Å². The first kappa shape index (κ1) is 22.1. The monoisotopic (exact) mass is 400 g/mol. The van der Waals surface area contributed by atoms with Crippen molar-refractivity contribution < 1.29 is 23.5 Å². The first-order valence-corrected chi connectivity index (χ1v) is 9.28. The van der Waals surface area contributed by atoms with Gasteiger partial charge in [-0.1, -0.05) is 44.2 Å². The van der Waals surface area contributed by atoms with Gasteiger partial charge in [-0.2, -0.15) is 0 Å². The Morgan fingerprint density at radius 3 is 2.21 bits per heavy atom. The van der Waals surface area contributed by atoms with Gasteiger partial charge in [-0.05, 0) is 43.0 Å². The summed E-state index contributed by atoms with van der Waals surface area (Å²) < 4.78 is 18.9. The highest BCUT2D eigenvalue weighted by atomic mass is 19.1. The zero-order chi connectivity index (χ0) is 21.6. The highest BCUT2D eigenvalue weighted by Crippen LogP contribution is 2.19. The molecule has 29 heavy (non-hydrogen) atoms. The van der Waals surface area contributed by atoms with Gasteiger partial charge in [0.2, 0.25) is 0 Å². The minimum atomic E-state index is -1.02. The van der Waals surface area contributed by atoms with Gasteiger partial charge in [-0.3, -0.25) is 9.59 Å². The molecule has 0 aliphatic carbocycles. The van der Waals surface area contributed by atoms with E-state index in [0.717, 1.165) is 17.2 Å². The number of halogens is 1. The Bertz CT molecular complexity index is 891. The average Bonchev–Trinajstić information content (AvgIpc) is 2.67. The molecule has 0 aliphatic heterocycles. The fourth-order valence-electron chi connectivity index (χ4n) is 2.78. The van der Waals surface area contributed by atoms with Crippen LogP contribution in [-0.4, -0.2) is 30.4 Å². The molecule has 0 saturated heterocycles.